The van der Waals surface area contributed by atoms with E-state index in [1.54, 1.807) is 52.0 Å². The van der Waals surface area contributed by atoms with Gasteiger partial charge in [-0.15, -0.1) is 5.10 Å². The average Bonchev–Trinajstić information content (AvgIpc) is 2.51. The molecule has 0 fully saturated rings. The largest absolute Gasteiger partial charge is 0.478 e. The van der Waals surface area contributed by atoms with Crippen molar-refractivity contribution in [2.75, 3.05) is 5.32 Å². The molecule has 7 nitrogen and oxygen atoms in total. The molecule has 2 rings (SSSR count). The highest BCUT2D eigenvalue weighted by Gasteiger charge is 2.30. The molecule has 1 amide bonds. The van der Waals surface area contributed by atoms with Crippen LogP contribution in [0.4, 0.5) is 5.95 Å². The Balaban J connectivity index is 2.09. The van der Waals surface area contributed by atoms with Crippen molar-refractivity contribution in [2.45, 2.75) is 33.3 Å². The van der Waals surface area contributed by atoms with E-state index in [1.807, 2.05) is 6.07 Å². The molecule has 0 bridgehead atoms. The molecule has 0 unspecified atom stereocenters. The number of amides is 1. The number of aromatic nitrogens is 3. The molecular weight excluding hydrogens is 294 g/mol. The summed E-state index contributed by atoms with van der Waals surface area (Å²) in [6.07, 6.45) is 0. The number of nitriles is 1. The molecule has 0 saturated carbocycles. The van der Waals surface area contributed by atoms with Crippen LogP contribution in [-0.2, 0) is 4.79 Å². The zero-order valence-corrected chi connectivity index (χ0v) is 13.4. The highest BCUT2D eigenvalue weighted by Crippen LogP contribution is 2.20. The smallest absolute Gasteiger partial charge is 0.270 e. The highest BCUT2D eigenvalue weighted by atomic mass is 16.5. The van der Waals surface area contributed by atoms with Gasteiger partial charge in [-0.2, -0.15) is 10.4 Å². The van der Waals surface area contributed by atoms with Crippen LogP contribution in [0.2, 0.25) is 0 Å². The van der Waals surface area contributed by atoms with E-state index in [4.69, 9.17) is 10.00 Å². The van der Waals surface area contributed by atoms with Gasteiger partial charge in [-0.3, -0.25) is 10.1 Å². The summed E-state index contributed by atoms with van der Waals surface area (Å²) in [7, 11) is 0. The summed E-state index contributed by atoms with van der Waals surface area (Å²) in [6, 6.07) is 8.55. The monoisotopic (exact) mass is 311 g/mol. The maximum atomic E-state index is 12.4. The Morgan fingerprint density at radius 2 is 1.83 bits per heavy atom. The quantitative estimate of drug-likeness (QED) is 0.928. The number of carbonyl (C=O) groups is 1. The molecule has 118 valence electrons. The third kappa shape index (κ3) is 4.01. The van der Waals surface area contributed by atoms with E-state index in [0.29, 0.717) is 22.7 Å². The third-order valence-electron chi connectivity index (χ3n) is 3.22. The summed E-state index contributed by atoms with van der Waals surface area (Å²) in [5, 5.41) is 19.1. The summed E-state index contributed by atoms with van der Waals surface area (Å²) >= 11 is 0. The van der Waals surface area contributed by atoms with Gasteiger partial charge in [-0.05, 0) is 52.0 Å². The molecular formula is C16H17N5O2. The lowest BCUT2D eigenvalue weighted by atomic mass is 10.1. The summed E-state index contributed by atoms with van der Waals surface area (Å²) < 4.78 is 5.69. The first-order chi connectivity index (χ1) is 10.8. The Kier molecular flexibility index (Phi) is 4.55. The number of hydrogen-bond donors (Lipinski definition) is 1. The first-order valence-corrected chi connectivity index (χ1v) is 7.00. The SMILES string of the molecule is Cc1nnc(NC(=O)C(C)(C)Oc2ccc(C#N)cc2)nc1C. The molecule has 1 N–H and O–H groups in total. The minimum Gasteiger partial charge on any atom is -0.478 e. The summed E-state index contributed by atoms with van der Waals surface area (Å²) in [4.78, 5) is 16.5. The number of anilines is 1. The minimum absolute atomic E-state index is 0.134. The van der Waals surface area contributed by atoms with E-state index in [0.717, 1.165) is 0 Å². The van der Waals surface area contributed by atoms with E-state index in [-0.39, 0.29) is 5.95 Å². The van der Waals surface area contributed by atoms with Gasteiger partial charge in [-0.25, -0.2) is 4.98 Å². The van der Waals surface area contributed by atoms with Crippen LogP contribution in [0.3, 0.4) is 0 Å². The number of carbonyl (C=O) groups excluding carboxylic acids is 1. The topological polar surface area (TPSA) is 101 Å². The van der Waals surface area contributed by atoms with Gasteiger partial charge in [0.1, 0.15) is 5.75 Å². The average molecular weight is 311 g/mol. The van der Waals surface area contributed by atoms with E-state index in [1.165, 1.54) is 0 Å². The summed E-state index contributed by atoms with van der Waals surface area (Å²) in [5.74, 6) is 0.227. The minimum atomic E-state index is -1.14. The fraction of sp³-hybridized carbons (Fsp3) is 0.312. The van der Waals surface area contributed by atoms with Gasteiger partial charge < -0.3 is 4.74 Å². The number of benzene rings is 1. The second-order valence-electron chi connectivity index (χ2n) is 5.51. The maximum absolute atomic E-state index is 12.4. The van der Waals surface area contributed by atoms with Crippen LogP contribution in [0.5, 0.6) is 5.75 Å². The van der Waals surface area contributed by atoms with Crippen LogP contribution >= 0.6 is 0 Å². The van der Waals surface area contributed by atoms with Gasteiger partial charge in [0.25, 0.3) is 5.91 Å². The Morgan fingerprint density at radius 3 is 2.39 bits per heavy atom. The zero-order chi connectivity index (χ0) is 17.0. The molecule has 1 heterocycles. The van der Waals surface area contributed by atoms with Crippen molar-refractivity contribution < 1.29 is 9.53 Å². The first-order valence-electron chi connectivity index (χ1n) is 7.00. The molecule has 1 aromatic heterocycles. The standard InChI is InChI=1S/C16H17N5O2/c1-10-11(2)20-21-15(18-10)19-14(22)16(3,4)23-13-7-5-12(9-17)6-8-13/h5-8H,1-4H3,(H,18,19,21,22). The third-order valence-corrected chi connectivity index (χ3v) is 3.22. The molecule has 0 atom stereocenters. The van der Waals surface area contributed by atoms with Crippen molar-refractivity contribution >= 4 is 11.9 Å². The van der Waals surface area contributed by atoms with Crippen LogP contribution in [0.1, 0.15) is 30.8 Å². The predicted molar refractivity (Wildman–Crippen MR) is 83.8 cm³/mol. The van der Waals surface area contributed by atoms with E-state index in [9.17, 15) is 4.79 Å². The van der Waals surface area contributed by atoms with Gasteiger partial charge in [0.2, 0.25) is 5.95 Å². The number of aryl methyl sites for hydroxylation is 2. The summed E-state index contributed by atoms with van der Waals surface area (Å²) in [5.41, 5.74) is 0.780. The molecule has 7 heteroatoms. The molecule has 0 aliphatic rings. The van der Waals surface area contributed by atoms with Crippen molar-refractivity contribution in [2.24, 2.45) is 0 Å². The van der Waals surface area contributed by atoms with Gasteiger partial charge in [0.15, 0.2) is 5.60 Å². The fourth-order valence-corrected chi connectivity index (χ4v) is 1.70. The molecule has 0 radical (unpaired) electrons. The van der Waals surface area contributed by atoms with Crippen molar-refractivity contribution in [3.63, 3.8) is 0 Å². The van der Waals surface area contributed by atoms with Gasteiger partial charge in [0.05, 0.1) is 23.0 Å². The molecule has 2 aromatic rings. The number of hydrogen-bond acceptors (Lipinski definition) is 6. The van der Waals surface area contributed by atoms with Gasteiger partial charge in [0, 0.05) is 0 Å². The number of rotatable bonds is 4. The fourth-order valence-electron chi connectivity index (χ4n) is 1.70. The van der Waals surface area contributed by atoms with E-state index < -0.39 is 11.5 Å². The van der Waals surface area contributed by atoms with Gasteiger partial charge >= 0.3 is 0 Å². The summed E-state index contributed by atoms with van der Waals surface area (Å²) in [6.45, 7) is 6.85. The van der Waals surface area contributed by atoms with E-state index in [2.05, 4.69) is 20.5 Å². The van der Waals surface area contributed by atoms with Crippen molar-refractivity contribution in [3.8, 4) is 11.8 Å². The van der Waals surface area contributed by atoms with Gasteiger partial charge in [-0.1, -0.05) is 0 Å². The van der Waals surface area contributed by atoms with Crippen molar-refractivity contribution in [3.05, 3.63) is 41.2 Å². The molecule has 0 aliphatic carbocycles. The van der Waals surface area contributed by atoms with Crippen LogP contribution < -0.4 is 10.1 Å². The highest BCUT2D eigenvalue weighted by molar-refractivity contribution is 5.95. The second kappa shape index (κ2) is 6.40. The first kappa shape index (κ1) is 16.4. The Bertz CT molecular complexity index is 763. The molecule has 0 aliphatic heterocycles. The van der Waals surface area contributed by atoms with E-state index >= 15 is 0 Å². The van der Waals surface area contributed by atoms with Crippen LogP contribution in [0, 0.1) is 25.2 Å². The Morgan fingerprint density at radius 1 is 1.17 bits per heavy atom. The number of ether oxygens (including phenoxy) is 1. The Hall–Kier alpha value is -3.01. The molecule has 23 heavy (non-hydrogen) atoms. The molecule has 0 spiro atoms. The van der Waals surface area contributed by atoms with Crippen LogP contribution in [0.15, 0.2) is 24.3 Å². The lowest BCUT2D eigenvalue weighted by Gasteiger charge is -2.24. The Labute approximate surface area is 134 Å². The normalized spacial score (nSPS) is 10.7. The maximum Gasteiger partial charge on any atom is 0.270 e. The second-order valence-corrected chi connectivity index (χ2v) is 5.51. The lowest BCUT2D eigenvalue weighted by molar-refractivity contribution is -0.128. The zero-order valence-electron chi connectivity index (χ0n) is 13.4. The van der Waals surface area contributed by atoms with Crippen LogP contribution in [0.25, 0.3) is 0 Å². The van der Waals surface area contributed by atoms with Crippen molar-refractivity contribution in [1.82, 2.24) is 15.2 Å². The molecule has 1 aromatic carbocycles. The lowest BCUT2D eigenvalue weighted by Crippen LogP contribution is -2.43. The number of nitrogens with zero attached hydrogens (tertiary/aromatic N) is 4. The van der Waals surface area contributed by atoms with Crippen molar-refractivity contribution in [1.29, 1.82) is 5.26 Å². The predicted octanol–water partition coefficient (Wildman–Crippen LogP) is 2.16. The molecule has 0 saturated heterocycles. The van der Waals surface area contributed by atoms with Crippen LogP contribution in [-0.4, -0.2) is 26.7 Å². The number of nitrogens with one attached hydrogen (secondary N) is 1.